The van der Waals surface area contributed by atoms with Gasteiger partial charge in [0.2, 0.25) is 5.69 Å². The van der Waals surface area contributed by atoms with Crippen LogP contribution in [-0.4, -0.2) is 38.2 Å². The van der Waals surface area contributed by atoms with E-state index in [0.717, 1.165) is 46.9 Å². The fourth-order valence-electron chi connectivity index (χ4n) is 4.24. The van der Waals surface area contributed by atoms with E-state index in [4.69, 9.17) is 11.6 Å². The van der Waals surface area contributed by atoms with Crippen molar-refractivity contribution < 1.29 is 9.18 Å². The lowest BCUT2D eigenvalue weighted by Crippen LogP contribution is -2.48. The minimum Gasteiger partial charge on any atom is -0.337 e. The smallest absolute Gasteiger partial charge is 0.337 e. The Morgan fingerprint density at radius 1 is 1.12 bits per heavy atom. The molecule has 1 amide bonds. The first-order valence-corrected chi connectivity index (χ1v) is 11.7. The number of hydrogen-bond donors (Lipinski definition) is 0. The number of aryl methyl sites for hydroxylation is 1. The highest BCUT2D eigenvalue weighted by Gasteiger charge is 2.28. The molecule has 7 nitrogen and oxygen atoms in total. The van der Waals surface area contributed by atoms with Crippen molar-refractivity contribution in [2.45, 2.75) is 51.6 Å². The molecular formula is C25H26ClFN4O3. The van der Waals surface area contributed by atoms with E-state index in [0.29, 0.717) is 16.3 Å². The second-order valence-corrected chi connectivity index (χ2v) is 9.11. The molecule has 1 aliphatic rings. The molecule has 34 heavy (non-hydrogen) atoms. The zero-order valence-corrected chi connectivity index (χ0v) is 19.9. The maximum atomic E-state index is 13.4. The van der Waals surface area contributed by atoms with Crippen LogP contribution in [0, 0.1) is 12.7 Å². The minimum atomic E-state index is -0.781. The van der Waals surface area contributed by atoms with Crippen molar-refractivity contribution in [3.05, 3.63) is 91.0 Å². The zero-order chi connectivity index (χ0) is 24.4. The van der Waals surface area contributed by atoms with E-state index in [9.17, 15) is 18.8 Å². The minimum absolute atomic E-state index is 0.0159. The number of carbonyl (C=O) groups excluding carboxylic acids is 1. The van der Waals surface area contributed by atoms with E-state index < -0.39 is 23.0 Å². The summed E-state index contributed by atoms with van der Waals surface area (Å²) in [4.78, 5) is 41.6. The van der Waals surface area contributed by atoms with Crippen molar-refractivity contribution in [1.82, 2.24) is 19.2 Å². The van der Waals surface area contributed by atoms with Gasteiger partial charge in [-0.05, 0) is 55.2 Å². The number of benzene rings is 2. The van der Waals surface area contributed by atoms with Gasteiger partial charge >= 0.3 is 5.69 Å². The fourth-order valence-corrected chi connectivity index (χ4v) is 4.42. The molecular weight excluding hydrogens is 459 g/mol. The van der Waals surface area contributed by atoms with Crippen LogP contribution >= 0.6 is 11.6 Å². The maximum absolute atomic E-state index is 13.4. The average Bonchev–Trinajstić information content (AvgIpc) is 2.84. The summed E-state index contributed by atoms with van der Waals surface area (Å²) < 4.78 is 15.3. The Labute approximate surface area is 201 Å². The van der Waals surface area contributed by atoms with Crippen LogP contribution in [0.5, 0.6) is 0 Å². The van der Waals surface area contributed by atoms with Crippen LogP contribution in [0.25, 0.3) is 5.69 Å². The molecule has 178 valence electrons. The van der Waals surface area contributed by atoms with Gasteiger partial charge in [-0.15, -0.1) is 0 Å². The van der Waals surface area contributed by atoms with Crippen LogP contribution in [-0.2, 0) is 6.54 Å². The molecule has 0 atom stereocenters. The molecule has 1 aromatic heterocycles. The van der Waals surface area contributed by atoms with Gasteiger partial charge in [0.15, 0.2) is 0 Å². The molecule has 0 N–H and O–H groups in total. The highest BCUT2D eigenvalue weighted by atomic mass is 35.5. The predicted molar refractivity (Wildman–Crippen MR) is 128 cm³/mol. The Balaban J connectivity index is 1.85. The second kappa shape index (κ2) is 9.93. The molecule has 0 bridgehead atoms. The molecule has 9 heteroatoms. The van der Waals surface area contributed by atoms with Crippen molar-refractivity contribution in [3.63, 3.8) is 0 Å². The number of nitrogens with zero attached hydrogens (tertiary/aromatic N) is 4. The highest BCUT2D eigenvalue weighted by molar-refractivity contribution is 6.31. The van der Waals surface area contributed by atoms with Gasteiger partial charge in [0.05, 0.1) is 12.2 Å². The predicted octanol–water partition coefficient (Wildman–Crippen LogP) is 3.95. The number of amides is 1. The van der Waals surface area contributed by atoms with Gasteiger partial charge in [-0.25, -0.2) is 9.18 Å². The first kappa shape index (κ1) is 23.9. The van der Waals surface area contributed by atoms with E-state index in [1.165, 1.54) is 24.3 Å². The standard InChI is InChI=1S/C25H26ClFN4O3/c1-16-8-13-20(14-21(16)26)31-25(34)30(15-17-9-11-18(27)12-10-17)24(33)22(28-31)23(32)29(2)19-6-4-3-5-7-19/h8-14,19H,3-7,15H2,1-2H3. The average molecular weight is 485 g/mol. The Morgan fingerprint density at radius 2 is 1.79 bits per heavy atom. The lowest BCUT2D eigenvalue weighted by Gasteiger charge is -2.30. The summed E-state index contributed by atoms with van der Waals surface area (Å²) in [6.07, 6.45) is 4.89. The number of rotatable bonds is 5. The van der Waals surface area contributed by atoms with Gasteiger partial charge in [-0.3, -0.25) is 14.2 Å². The maximum Gasteiger partial charge on any atom is 0.352 e. The second-order valence-electron chi connectivity index (χ2n) is 8.70. The topological polar surface area (TPSA) is 77.2 Å². The molecule has 0 spiro atoms. The van der Waals surface area contributed by atoms with Crippen LogP contribution in [0.4, 0.5) is 4.39 Å². The van der Waals surface area contributed by atoms with Crippen molar-refractivity contribution in [3.8, 4) is 5.69 Å². The molecule has 0 unspecified atom stereocenters. The van der Waals surface area contributed by atoms with E-state index in [-0.39, 0.29) is 18.3 Å². The van der Waals surface area contributed by atoms with Crippen LogP contribution in [0.2, 0.25) is 5.02 Å². The Morgan fingerprint density at radius 3 is 2.44 bits per heavy atom. The van der Waals surface area contributed by atoms with Crippen molar-refractivity contribution in [1.29, 1.82) is 0 Å². The highest BCUT2D eigenvalue weighted by Crippen LogP contribution is 2.22. The van der Waals surface area contributed by atoms with Crippen LogP contribution < -0.4 is 11.2 Å². The normalized spacial score (nSPS) is 14.2. The number of carbonyl (C=O) groups is 1. The van der Waals surface area contributed by atoms with E-state index >= 15 is 0 Å². The van der Waals surface area contributed by atoms with Gasteiger partial charge in [-0.1, -0.05) is 49.1 Å². The monoisotopic (exact) mass is 484 g/mol. The van der Waals surface area contributed by atoms with Gasteiger partial charge < -0.3 is 4.90 Å². The molecule has 0 radical (unpaired) electrons. The molecule has 2 aromatic carbocycles. The summed E-state index contributed by atoms with van der Waals surface area (Å²) in [7, 11) is 1.67. The molecule has 1 saturated carbocycles. The van der Waals surface area contributed by atoms with E-state index in [2.05, 4.69) is 5.10 Å². The van der Waals surface area contributed by atoms with Gasteiger partial charge in [-0.2, -0.15) is 9.78 Å². The third-order valence-electron chi connectivity index (χ3n) is 6.36. The summed E-state index contributed by atoms with van der Waals surface area (Å²) in [6, 6.07) is 10.5. The van der Waals surface area contributed by atoms with Gasteiger partial charge in [0, 0.05) is 18.1 Å². The molecule has 1 fully saturated rings. The molecule has 3 aromatic rings. The summed E-state index contributed by atoms with van der Waals surface area (Å²) in [5.74, 6) is -0.959. The lowest BCUT2D eigenvalue weighted by atomic mass is 9.94. The Kier molecular flexibility index (Phi) is 6.97. The first-order chi connectivity index (χ1) is 16.3. The van der Waals surface area contributed by atoms with E-state index in [1.807, 2.05) is 6.92 Å². The Hall–Kier alpha value is -3.26. The number of aromatic nitrogens is 3. The number of halogens is 2. The van der Waals surface area contributed by atoms with Crippen molar-refractivity contribution in [2.24, 2.45) is 0 Å². The third kappa shape index (κ3) is 4.82. The molecule has 1 aliphatic carbocycles. The lowest BCUT2D eigenvalue weighted by molar-refractivity contribution is 0.0684. The first-order valence-electron chi connectivity index (χ1n) is 11.3. The van der Waals surface area contributed by atoms with E-state index in [1.54, 1.807) is 30.1 Å². The van der Waals surface area contributed by atoms with Gasteiger partial charge in [0.1, 0.15) is 5.82 Å². The van der Waals surface area contributed by atoms with Crippen LogP contribution in [0.15, 0.2) is 52.1 Å². The summed E-state index contributed by atoms with van der Waals surface area (Å²) >= 11 is 6.26. The summed E-state index contributed by atoms with van der Waals surface area (Å²) in [5.41, 5.74) is -0.150. The number of hydrogen-bond acceptors (Lipinski definition) is 4. The van der Waals surface area contributed by atoms with Crippen molar-refractivity contribution in [2.75, 3.05) is 7.05 Å². The van der Waals surface area contributed by atoms with Crippen molar-refractivity contribution >= 4 is 17.5 Å². The SMILES string of the molecule is Cc1ccc(-n2nc(C(=O)N(C)C3CCCCC3)c(=O)n(Cc3ccc(F)cc3)c2=O)cc1Cl. The third-order valence-corrected chi connectivity index (χ3v) is 6.77. The largest absolute Gasteiger partial charge is 0.352 e. The van der Waals surface area contributed by atoms with Crippen LogP contribution in [0.3, 0.4) is 0 Å². The Bertz CT molecular complexity index is 1330. The zero-order valence-electron chi connectivity index (χ0n) is 19.1. The molecule has 0 aliphatic heterocycles. The summed E-state index contributed by atoms with van der Waals surface area (Å²) in [5, 5.41) is 4.63. The molecule has 1 heterocycles. The quantitative estimate of drug-likeness (QED) is 0.549. The fraction of sp³-hybridized carbons (Fsp3) is 0.360. The molecule has 0 saturated heterocycles. The summed E-state index contributed by atoms with van der Waals surface area (Å²) in [6.45, 7) is 1.69. The van der Waals surface area contributed by atoms with Gasteiger partial charge in [0.25, 0.3) is 11.5 Å². The molecule has 4 rings (SSSR count). The van der Waals surface area contributed by atoms with Crippen LogP contribution in [0.1, 0.15) is 53.7 Å².